The summed E-state index contributed by atoms with van der Waals surface area (Å²) in [6.07, 6.45) is -3.31. The minimum atomic E-state index is -4.61. The van der Waals surface area contributed by atoms with Crippen molar-refractivity contribution >= 4 is 56.8 Å². The minimum absolute atomic E-state index is 0.122. The maximum absolute atomic E-state index is 13.2. The van der Waals surface area contributed by atoms with Crippen LogP contribution in [-0.2, 0) is 15.8 Å². The zero-order valence-electron chi connectivity index (χ0n) is 17.5. The van der Waals surface area contributed by atoms with E-state index in [-0.39, 0.29) is 16.4 Å². The number of halogens is 4. The number of thiocarbonyl (C=S) groups is 1. The van der Waals surface area contributed by atoms with Gasteiger partial charge in [-0.15, -0.1) is 0 Å². The number of ether oxygens (including phenoxy) is 2. The van der Waals surface area contributed by atoms with Crippen molar-refractivity contribution < 1.29 is 32.2 Å². The highest BCUT2D eigenvalue weighted by Crippen LogP contribution is 2.36. The van der Waals surface area contributed by atoms with Crippen LogP contribution < -0.4 is 19.7 Å². The van der Waals surface area contributed by atoms with Crippen LogP contribution >= 0.6 is 28.1 Å². The van der Waals surface area contributed by atoms with Gasteiger partial charge in [0.15, 0.2) is 5.11 Å². The van der Waals surface area contributed by atoms with Gasteiger partial charge in [0.05, 0.1) is 28.9 Å². The minimum Gasteiger partial charge on any atom is -0.493 e. The van der Waals surface area contributed by atoms with Gasteiger partial charge in [0.1, 0.15) is 17.1 Å². The molecule has 0 aliphatic carbocycles. The standard InChI is InChI=1S/C22H18BrF3N2O4S/c1-3-31-17-11-18(32-4-2)16(23)9-12(17)8-15-19(29)27-21(33)28(20(15)30)14-7-5-6-13(10-14)22(24,25)26/h5-11H,3-4H2,1-2H3,(H,27,29,33)/b15-8+. The maximum Gasteiger partial charge on any atom is 0.416 e. The molecule has 1 saturated heterocycles. The van der Waals surface area contributed by atoms with Gasteiger partial charge < -0.3 is 9.47 Å². The quantitative estimate of drug-likeness (QED) is 0.312. The van der Waals surface area contributed by atoms with Gasteiger partial charge in [-0.05, 0) is 72.3 Å². The maximum atomic E-state index is 13.2. The monoisotopic (exact) mass is 542 g/mol. The topological polar surface area (TPSA) is 67.9 Å². The largest absolute Gasteiger partial charge is 0.493 e. The molecule has 6 nitrogen and oxygen atoms in total. The average molecular weight is 543 g/mol. The number of alkyl halides is 3. The summed E-state index contributed by atoms with van der Waals surface area (Å²) in [5, 5.41) is 2.04. The van der Waals surface area contributed by atoms with E-state index in [9.17, 15) is 22.8 Å². The number of amides is 2. The first-order chi connectivity index (χ1) is 15.6. The van der Waals surface area contributed by atoms with Crippen LogP contribution in [0.15, 0.2) is 46.4 Å². The number of anilines is 1. The van der Waals surface area contributed by atoms with Crippen molar-refractivity contribution in [1.82, 2.24) is 5.32 Å². The fourth-order valence-corrected chi connectivity index (χ4v) is 3.83. The van der Waals surface area contributed by atoms with E-state index in [2.05, 4.69) is 21.2 Å². The van der Waals surface area contributed by atoms with E-state index in [1.54, 1.807) is 19.1 Å². The number of carbonyl (C=O) groups is 2. The van der Waals surface area contributed by atoms with Crippen molar-refractivity contribution in [3.05, 3.63) is 57.6 Å². The average Bonchev–Trinajstić information content (AvgIpc) is 2.74. The van der Waals surface area contributed by atoms with Crippen molar-refractivity contribution in [2.24, 2.45) is 0 Å². The van der Waals surface area contributed by atoms with Gasteiger partial charge in [0.25, 0.3) is 11.8 Å². The Hall–Kier alpha value is -2.92. The van der Waals surface area contributed by atoms with E-state index < -0.39 is 23.6 Å². The Morgan fingerprint density at radius 2 is 1.76 bits per heavy atom. The lowest BCUT2D eigenvalue weighted by molar-refractivity contribution is -0.137. The van der Waals surface area contributed by atoms with Crippen LogP contribution in [0, 0.1) is 0 Å². The SMILES string of the molecule is CCOc1cc(OCC)c(/C=C2\C(=O)NC(=S)N(c3cccc(C(F)(F)F)c3)C2=O)cc1Br. The third-order valence-electron chi connectivity index (χ3n) is 4.50. The first-order valence-corrected chi connectivity index (χ1v) is 10.9. The van der Waals surface area contributed by atoms with Crippen molar-refractivity contribution in [2.75, 3.05) is 18.1 Å². The van der Waals surface area contributed by atoms with Crippen LogP contribution in [0.4, 0.5) is 18.9 Å². The van der Waals surface area contributed by atoms with Crippen LogP contribution in [0.25, 0.3) is 6.08 Å². The summed E-state index contributed by atoms with van der Waals surface area (Å²) < 4.78 is 51.2. The molecule has 0 atom stereocenters. The second-order valence-corrected chi connectivity index (χ2v) is 7.93. The number of carbonyl (C=O) groups excluding carboxylic acids is 2. The molecule has 33 heavy (non-hydrogen) atoms. The Labute approximate surface area is 201 Å². The Kier molecular flexibility index (Phi) is 7.43. The molecule has 1 aliphatic heterocycles. The molecule has 2 aromatic carbocycles. The third kappa shape index (κ3) is 5.36. The molecule has 174 valence electrons. The number of nitrogens with zero attached hydrogens (tertiary/aromatic N) is 1. The number of nitrogens with one attached hydrogen (secondary N) is 1. The molecular weight excluding hydrogens is 525 g/mol. The highest BCUT2D eigenvalue weighted by molar-refractivity contribution is 9.10. The summed E-state index contributed by atoms with van der Waals surface area (Å²) in [5.74, 6) is -0.776. The first-order valence-electron chi connectivity index (χ1n) is 9.74. The molecule has 2 aromatic rings. The summed E-state index contributed by atoms with van der Waals surface area (Å²) in [6.45, 7) is 4.31. The summed E-state index contributed by atoms with van der Waals surface area (Å²) in [6, 6.07) is 7.35. The second kappa shape index (κ2) is 9.92. The van der Waals surface area contributed by atoms with Crippen molar-refractivity contribution in [2.45, 2.75) is 20.0 Å². The third-order valence-corrected chi connectivity index (χ3v) is 5.40. The molecule has 1 heterocycles. The van der Waals surface area contributed by atoms with E-state index in [0.29, 0.717) is 34.7 Å². The molecule has 1 fully saturated rings. The van der Waals surface area contributed by atoms with Gasteiger partial charge in [-0.1, -0.05) is 6.07 Å². The van der Waals surface area contributed by atoms with E-state index in [1.165, 1.54) is 12.1 Å². The molecule has 0 saturated carbocycles. The summed E-state index contributed by atoms with van der Waals surface area (Å²) in [4.78, 5) is 26.6. The van der Waals surface area contributed by atoms with Crippen LogP contribution in [0.5, 0.6) is 11.5 Å². The molecule has 0 bridgehead atoms. The van der Waals surface area contributed by atoms with Gasteiger partial charge in [0.2, 0.25) is 0 Å². The lowest BCUT2D eigenvalue weighted by Gasteiger charge is -2.29. The molecule has 0 spiro atoms. The number of rotatable bonds is 6. The highest BCUT2D eigenvalue weighted by Gasteiger charge is 2.37. The summed E-state index contributed by atoms with van der Waals surface area (Å²) >= 11 is 8.45. The van der Waals surface area contributed by atoms with Crippen LogP contribution in [0.3, 0.4) is 0 Å². The zero-order valence-corrected chi connectivity index (χ0v) is 19.9. The Balaban J connectivity index is 2.07. The smallest absolute Gasteiger partial charge is 0.416 e. The fourth-order valence-electron chi connectivity index (χ4n) is 3.08. The first kappa shape index (κ1) is 24.7. The molecule has 2 amide bonds. The molecule has 11 heteroatoms. The summed E-state index contributed by atoms with van der Waals surface area (Å²) in [5.41, 5.74) is -1.00. The molecule has 0 aromatic heterocycles. The van der Waals surface area contributed by atoms with Crippen LogP contribution in [-0.4, -0.2) is 30.1 Å². The number of hydrogen-bond donors (Lipinski definition) is 1. The normalized spacial score (nSPS) is 15.6. The van der Waals surface area contributed by atoms with E-state index in [4.69, 9.17) is 21.7 Å². The summed E-state index contributed by atoms with van der Waals surface area (Å²) in [7, 11) is 0. The van der Waals surface area contributed by atoms with Crippen molar-refractivity contribution in [1.29, 1.82) is 0 Å². The van der Waals surface area contributed by atoms with E-state index >= 15 is 0 Å². The van der Waals surface area contributed by atoms with Gasteiger partial charge in [-0.25, -0.2) is 0 Å². The van der Waals surface area contributed by atoms with Gasteiger partial charge >= 0.3 is 6.18 Å². The molecule has 3 rings (SSSR count). The van der Waals surface area contributed by atoms with Crippen molar-refractivity contribution in [3.8, 4) is 11.5 Å². The van der Waals surface area contributed by atoms with Crippen molar-refractivity contribution in [3.63, 3.8) is 0 Å². The Bertz CT molecular complexity index is 1150. The van der Waals surface area contributed by atoms with Gasteiger partial charge in [-0.2, -0.15) is 13.2 Å². The number of hydrogen-bond acceptors (Lipinski definition) is 5. The number of benzene rings is 2. The van der Waals surface area contributed by atoms with E-state index in [1.807, 2.05) is 6.92 Å². The van der Waals surface area contributed by atoms with Crippen LogP contribution in [0.2, 0.25) is 0 Å². The molecule has 1 aliphatic rings. The van der Waals surface area contributed by atoms with Gasteiger partial charge in [0, 0.05) is 11.6 Å². The molecule has 1 N–H and O–H groups in total. The lowest BCUT2D eigenvalue weighted by Crippen LogP contribution is -2.54. The Morgan fingerprint density at radius 1 is 1.09 bits per heavy atom. The second-order valence-electron chi connectivity index (χ2n) is 6.69. The highest BCUT2D eigenvalue weighted by atomic mass is 79.9. The van der Waals surface area contributed by atoms with E-state index in [0.717, 1.165) is 23.1 Å². The predicted molar refractivity (Wildman–Crippen MR) is 124 cm³/mol. The lowest BCUT2D eigenvalue weighted by atomic mass is 10.1. The predicted octanol–water partition coefficient (Wildman–Crippen LogP) is 5.10. The van der Waals surface area contributed by atoms with Crippen LogP contribution in [0.1, 0.15) is 25.0 Å². The fraction of sp³-hybridized carbons (Fsp3) is 0.227. The molecular formula is C22H18BrF3N2O4S. The molecule has 0 radical (unpaired) electrons. The molecule has 0 unspecified atom stereocenters. The Morgan fingerprint density at radius 3 is 2.39 bits per heavy atom. The van der Waals surface area contributed by atoms with Gasteiger partial charge in [-0.3, -0.25) is 19.8 Å². The zero-order chi connectivity index (χ0) is 24.3.